The van der Waals surface area contributed by atoms with E-state index in [-0.39, 0.29) is 23.5 Å². The van der Waals surface area contributed by atoms with Crippen LogP contribution in [0.1, 0.15) is 13.3 Å². The molecule has 0 radical (unpaired) electrons. The van der Waals surface area contributed by atoms with Crippen LogP contribution in [0.3, 0.4) is 0 Å². The Morgan fingerprint density at radius 2 is 1.74 bits per heavy atom. The Labute approximate surface area is 183 Å². The van der Waals surface area contributed by atoms with Gasteiger partial charge in [0.15, 0.2) is 21.3 Å². The van der Waals surface area contributed by atoms with Crippen LogP contribution in [0.5, 0.6) is 23.0 Å². The molecule has 0 spiro atoms. The smallest absolute Gasteiger partial charge is 0.244 e. The lowest BCUT2D eigenvalue weighted by Gasteiger charge is -2.27. The zero-order valence-electron chi connectivity index (χ0n) is 18.1. The first-order chi connectivity index (χ1) is 14.7. The van der Waals surface area contributed by atoms with Crippen molar-refractivity contribution in [2.75, 3.05) is 38.1 Å². The van der Waals surface area contributed by atoms with Gasteiger partial charge in [-0.1, -0.05) is 0 Å². The van der Waals surface area contributed by atoms with Crippen molar-refractivity contribution in [3.8, 4) is 23.0 Å². The molecule has 9 heteroatoms. The van der Waals surface area contributed by atoms with Gasteiger partial charge >= 0.3 is 0 Å². The Morgan fingerprint density at radius 1 is 1.06 bits per heavy atom. The largest absolute Gasteiger partial charge is 0.497 e. The van der Waals surface area contributed by atoms with Crippen molar-refractivity contribution in [1.82, 2.24) is 4.90 Å². The lowest BCUT2D eigenvalue weighted by Crippen LogP contribution is -2.45. The monoisotopic (exact) mass is 448 g/mol. The third-order valence-electron chi connectivity index (χ3n) is 5.31. The molecule has 1 aliphatic rings. The quantitative estimate of drug-likeness (QED) is 0.663. The zero-order chi connectivity index (χ0) is 22.6. The highest BCUT2D eigenvalue weighted by atomic mass is 32.2. The molecule has 2 unspecified atom stereocenters. The van der Waals surface area contributed by atoms with E-state index >= 15 is 0 Å². The van der Waals surface area contributed by atoms with Gasteiger partial charge in [-0.15, -0.1) is 0 Å². The summed E-state index contributed by atoms with van der Waals surface area (Å²) in [5, 5.41) is 3.17. The van der Waals surface area contributed by atoms with Gasteiger partial charge in [0.25, 0.3) is 0 Å². The number of ether oxygens (including phenoxy) is 3. The minimum Gasteiger partial charge on any atom is -0.497 e. The normalized spacial score (nSPS) is 18.1. The summed E-state index contributed by atoms with van der Waals surface area (Å²) < 4.78 is 39.9. The molecule has 1 heterocycles. The number of amides is 1. The van der Waals surface area contributed by atoms with Gasteiger partial charge in [0.2, 0.25) is 5.91 Å². The molecule has 2 aromatic carbocycles. The minimum absolute atomic E-state index is 0.0182. The van der Waals surface area contributed by atoms with Gasteiger partial charge in [-0.05, 0) is 49.7 Å². The SMILES string of the molecule is COc1ccc(Oc2cc(NC(C)C(=O)N(C)C3CCS(=O)(=O)C3)ccc2OC)cc1. The second-order valence-electron chi connectivity index (χ2n) is 7.52. The number of anilines is 1. The predicted octanol–water partition coefficient (Wildman–Crippen LogP) is 2.94. The van der Waals surface area contributed by atoms with Crippen LogP contribution in [-0.2, 0) is 14.6 Å². The fourth-order valence-corrected chi connectivity index (χ4v) is 5.27. The lowest BCUT2D eigenvalue weighted by molar-refractivity contribution is -0.132. The molecule has 1 saturated heterocycles. The first-order valence-electron chi connectivity index (χ1n) is 9.96. The van der Waals surface area contributed by atoms with Crippen molar-refractivity contribution < 1.29 is 27.4 Å². The molecule has 2 aromatic rings. The minimum atomic E-state index is -3.06. The first-order valence-corrected chi connectivity index (χ1v) is 11.8. The van der Waals surface area contributed by atoms with Gasteiger partial charge in [0.05, 0.1) is 25.7 Å². The molecule has 1 fully saturated rings. The molecule has 0 aliphatic carbocycles. The van der Waals surface area contributed by atoms with E-state index in [1.54, 1.807) is 70.7 Å². The van der Waals surface area contributed by atoms with Gasteiger partial charge < -0.3 is 24.4 Å². The predicted molar refractivity (Wildman–Crippen MR) is 119 cm³/mol. The number of carbonyl (C=O) groups is 1. The molecule has 1 N–H and O–H groups in total. The number of likely N-dealkylation sites (N-methyl/N-ethyl adjacent to an activating group) is 1. The maximum atomic E-state index is 12.8. The number of benzene rings is 2. The molecule has 3 rings (SSSR count). The Hall–Kier alpha value is -2.94. The molecular formula is C22H28N2O6S. The van der Waals surface area contributed by atoms with Crippen LogP contribution in [0.2, 0.25) is 0 Å². The van der Waals surface area contributed by atoms with Gasteiger partial charge in [-0.3, -0.25) is 4.79 Å². The Morgan fingerprint density at radius 3 is 2.32 bits per heavy atom. The van der Waals surface area contributed by atoms with Crippen molar-refractivity contribution >= 4 is 21.4 Å². The maximum absolute atomic E-state index is 12.8. The summed E-state index contributed by atoms with van der Waals surface area (Å²) >= 11 is 0. The lowest BCUT2D eigenvalue weighted by atomic mass is 10.2. The highest BCUT2D eigenvalue weighted by molar-refractivity contribution is 7.91. The molecule has 2 atom stereocenters. The summed E-state index contributed by atoms with van der Waals surface area (Å²) in [6.45, 7) is 1.75. The molecule has 0 bridgehead atoms. The van der Waals surface area contributed by atoms with Crippen LogP contribution in [0.25, 0.3) is 0 Å². The van der Waals surface area contributed by atoms with Crippen LogP contribution in [0, 0.1) is 0 Å². The average Bonchev–Trinajstić information content (AvgIpc) is 3.13. The van der Waals surface area contributed by atoms with Crippen LogP contribution in [0.4, 0.5) is 5.69 Å². The number of hydrogen-bond donors (Lipinski definition) is 1. The molecule has 1 amide bonds. The Kier molecular flexibility index (Phi) is 6.94. The molecule has 168 valence electrons. The third-order valence-corrected chi connectivity index (χ3v) is 7.06. The number of sulfone groups is 1. The standard InChI is InChI=1S/C22H28N2O6S/c1-15(22(25)24(2)17-11-12-31(26,27)14-17)23-16-5-10-20(29-4)21(13-16)30-19-8-6-18(28-3)7-9-19/h5-10,13,15,17,23H,11-12,14H2,1-4H3. The van der Waals surface area contributed by atoms with E-state index in [2.05, 4.69) is 5.32 Å². The summed E-state index contributed by atoms with van der Waals surface area (Å²) in [4.78, 5) is 14.3. The van der Waals surface area contributed by atoms with E-state index in [0.717, 1.165) is 5.75 Å². The van der Waals surface area contributed by atoms with E-state index in [1.165, 1.54) is 4.90 Å². The third kappa shape index (κ3) is 5.61. The van der Waals surface area contributed by atoms with Gasteiger partial charge in [0.1, 0.15) is 17.5 Å². The molecule has 0 saturated carbocycles. The number of hydrogen-bond acceptors (Lipinski definition) is 7. The Bertz CT molecular complexity index is 1020. The van der Waals surface area contributed by atoms with Crippen LogP contribution in [-0.4, -0.2) is 64.1 Å². The van der Waals surface area contributed by atoms with E-state index in [1.807, 2.05) is 0 Å². The van der Waals surface area contributed by atoms with Crippen LogP contribution in [0.15, 0.2) is 42.5 Å². The van der Waals surface area contributed by atoms with Crippen molar-refractivity contribution in [2.45, 2.75) is 25.4 Å². The Balaban J connectivity index is 1.70. The highest BCUT2D eigenvalue weighted by Crippen LogP contribution is 2.34. The van der Waals surface area contributed by atoms with Gasteiger partial charge in [0, 0.05) is 24.8 Å². The number of rotatable bonds is 8. The summed E-state index contributed by atoms with van der Waals surface area (Å²) in [6.07, 6.45) is 0.472. The zero-order valence-corrected chi connectivity index (χ0v) is 18.9. The number of methoxy groups -OCH3 is 2. The maximum Gasteiger partial charge on any atom is 0.244 e. The fraction of sp³-hybridized carbons (Fsp3) is 0.409. The second kappa shape index (κ2) is 9.47. The number of carbonyl (C=O) groups excluding carboxylic acids is 1. The second-order valence-corrected chi connectivity index (χ2v) is 9.74. The summed E-state index contributed by atoms with van der Waals surface area (Å²) in [6, 6.07) is 11.6. The molecule has 0 aromatic heterocycles. The summed E-state index contributed by atoms with van der Waals surface area (Å²) in [5.74, 6) is 2.35. The van der Waals surface area contributed by atoms with E-state index in [9.17, 15) is 13.2 Å². The van der Waals surface area contributed by atoms with Gasteiger partial charge in [-0.2, -0.15) is 0 Å². The van der Waals surface area contributed by atoms with Crippen molar-refractivity contribution in [3.63, 3.8) is 0 Å². The molecule has 31 heavy (non-hydrogen) atoms. The number of nitrogens with one attached hydrogen (secondary N) is 1. The average molecular weight is 449 g/mol. The fourth-order valence-electron chi connectivity index (χ4n) is 3.49. The molecular weight excluding hydrogens is 420 g/mol. The topological polar surface area (TPSA) is 94.2 Å². The van der Waals surface area contributed by atoms with E-state index < -0.39 is 15.9 Å². The first kappa shape index (κ1) is 22.7. The van der Waals surface area contributed by atoms with Crippen molar-refractivity contribution in [3.05, 3.63) is 42.5 Å². The van der Waals surface area contributed by atoms with E-state index in [4.69, 9.17) is 14.2 Å². The van der Waals surface area contributed by atoms with Crippen LogP contribution >= 0.6 is 0 Å². The van der Waals surface area contributed by atoms with Crippen molar-refractivity contribution in [2.24, 2.45) is 0 Å². The van der Waals surface area contributed by atoms with Crippen LogP contribution < -0.4 is 19.5 Å². The summed E-state index contributed by atoms with van der Waals surface area (Å²) in [5.41, 5.74) is 0.678. The molecule has 1 aliphatic heterocycles. The molecule has 8 nitrogen and oxygen atoms in total. The number of nitrogens with zero attached hydrogens (tertiary/aromatic N) is 1. The van der Waals surface area contributed by atoms with Crippen molar-refractivity contribution in [1.29, 1.82) is 0 Å². The van der Waals surface area contributed by atoms with E-state index in [0.29, 0.717) is 29.4 Å². The summed E-state index contributed by atoms with van der Waals surface area (Å²) in [7, 11) is 1.74. The van der Waals surface area contributed by atoms with Gasteiger partial charge in [-0.25, -0.2) is 8.42 Å². The highest BCUT2D eigenvalue weighted by Gasteiger charge is 2.34.